The Balaban J connectivity index is 1.11. The molecule has 0 heteroatoms. The molecule has 0 aliphatic heterocycles. The Hall–Kier alpha value is -8.58. The molecule has 0 aliphatic rings. The van der Waals surface area contributed by atoms with Gasteiger partial charge in [-0.2, -0.15) is 0 Å². The van der Waals surface area contributed by atoms with Crippen molar-refractivity contribution in [3.05, 3.63) is 267 Å². The first kappa shape index (κ1) is 39.0. The van der Waals surface area contributed by atoms with Gasteiger partial charge in [-0.25, -0.2) is 0 Å². The van der Waals surface area contributed by atoms with Gasteiger partial charge in [0.2, 0.25) is 0 Å². The van der Waals surface area contributed by atoms with Crippen molar-refractivity contribution >= 4 is 32.3 Å². The predicted octanol–water partition coefficient (Wildman–Crippen LogP) is 18.5. The van der Waals surface area contributed by atoms with Gasteiger partial charge in [0.1, 0.15) is 0 Å². The van der Waals surface area contributed by atoms with Crippen LogP contribution in [0, 0.1) is 0 Å². The molecule has 12 aromatic rings. The summed E-state index contributed by atoms with van der Waals surface area (Å²) in [7, 11) is 0. The third-order valence-electron chi connectivity index (χ3n) is 13.2. The van der Waals surface area contributed by atoms with E-state index in [0.29, 0.717) is 0 Å². The molecule has 308 valence electrons. The van der Waals surface area contributed by atoms with Crippen LogP contribution in [0.15, 0.2) is 267 Å². The monoisotopic (exact) mass is 836 g/mol. The van der Waals surface area contributed by atoms with Gasteiger partial charge >= 0.3 is 0 Å². The van der Waals surface area contributed by atoms with E-state index in [0.717, 1.165) is 0 Å². The van der Waals surface area contributed by atoms with Crippen LogP contribution in [0.2, 0.25) is 0 Å². The van der Waals surface area contributed by atoms with Gasteiger partial charge in [-0.15, -0.1) is 0 Å². The molecule has 66 heavy (non-hydrogen) atoms. The van der Waals surface area contributed by atoms with Crippen molar-refractivity contribution in [3.8, 4) is 89.0 Å². The molecule has 12 rings (SSSR count). The van der Waals surface area contributed by atoms with Crippen molar-refractivity contribution < 1.29 is 0 Å². The van der Waals surface area contributed by atoms with E-state index in [1.807, 2.05) is 0 Å². The van der Waals surface area contributed by atoms with Crippen LogP contribution in [-0.4, -0.2) is 0 Å². The van der Waals surface area contributed by atoms with Crippen molar-refractivity contribution in [2.75, 3.05) is 0 Å². The normalized spacial score (nSPS) is 11.3. The molecule has 0 nitrogen and oxygen atoms in total. The Kier molecular flexibility index (Phi) is 9.97. The van der Waals surface area contributed by atoms with Crippen molar-refractivity contribution in [2.45, 2.75) is 0 Å². The third-order valence-corrected chi connectivity index (χ3v) is 13.2. The van der Waals surface area contributed by atoms with E-state index in [2.05, 4.69) is 267 Å². The van der Waals surface area contributed by atoms with Gasteiger partial charge in [-0.3, -0.25) is 0 Å². The highest BCUT2D eigenvalue weighted by Crippen LogP contribution is 2.44. The number of benzene rings is 12. The summed E-state index contributed by atoms with van der Waals surface area (Å²) in [6.45, 7) is 0. The Morgan fingerprint density at radius 3 is 0.773 bits per heavy atom. The first-order valence-corrected chi connectivity index (χ1v) is 22.8. The Morgan fingerprint density at radius 2 is 0.409 bits per heavy atom. The zero-order valence-corrected chi connectivity index (χ0v) is 36.4. The van der Waals surface area contributed by atoms with Gasteiger partial charge < -0.3 is 0 Å². The van der Waals surface area contributed by atoms with Crippen molar-refractivity contribution in [2.24, 2.45) is 0 Å². The van der Waals surface area contributed by atoms with Crippen LogP contribution >= 0.6 is 0 Å². The molecule has 0 N–H and O–H groups in total. The van der Waals surface area contributed by atoms with Crippen molar-refractivity contribution in [1.29, 1.82) is 0 Å². The lowest BCUT2D eigenvalue weighted by Crippen LogP contribution is -1.92. The summed E-state index contributed by atoms with van der Waals surface area (Å²) in [5.41, 5.74) is 19.0. The highest BCUT2D eigenvalue weighted by molar-refractivity contribution is 6.09. The van der Waals surface area contributed by atoms with Crippen LogP contribution in [0.1, 0.15) is 0 Å². The van der Waals surface area contributed by atoms with E-state index in [1.165, 1.54) is 121 Å². The molecule has 0 bridgehead atoms. The summed E-state index contributed by atoms with van der Waals surface area (Å²) in [6, 6.07) is 98.2. The largest absolute Gasteiger partial charge is 0.0622 e. The first-order valence-electron chi connectivity index (χ1n) is 22.8. The fourth-order valence-corrected chi connectivity index (χ4v) is 9.76. The quantitative estimate of drug-likeness (QED) is 0.143. The van der Waals surface area contributed by atoms with E-state index in [4.69, 9.17) is 0 Å². The molecule has 0 unspecified atom stereocenters. The number of hydrogen-bond donors (Lipinski definition) is 0. The smallest absolute Gasteiger partial charge is 0.00926 e. The molecule has 0 heterocycles. The van der Waals surface area contributed by atoms with Crippen LogP contribution in [0.4, 0.5) is 0 Å². The molecule has 12 aromatic carbocycles. The summed E-state index contributed by atoms with van der Waals surface area (Å²) < 4.78 is 0. The van der Waals surface area contributed by atoms with Gasteiger partial charge in [-0.05, 0) is 194 Å². The summed E-state index contributed by atoms with van der Waals surface area (Å²) in [6.07, 6.45) is 0. The summed E-state index contributed by atoms with van der Waals surface area (Å²) in [5.74, 6) is 0. The van der Waals surface area contributed by atoms with E-state index in [1.54, 1.807) is 0 Å². The van der Waals surface area contributed by atoms with Crippen LogP contribution in [0.25, 0.3) is 121 Å². The second kappa shape index (κ2) is 16.8. The summed E-state index contributed by atoms with van der Waals surface area (Å²) >= 11 is 0. The molecule has 0 aliphatic carbocycles. The Bertz CT molecular complexity index is 3470. The molecule has 0 aromatic heterocycles. The molecule has 0 amide bonds. The topological polar surface area (TPSA) is 0 Å². The molecule has 0 saturated carbocycles. The van der Waals surface area contributed by atoms with E-state index in [-0.39, 0.29) is 0 Å². The number of hydrogen-bond acceptors (Lipinski definition) is 0. The molecular formula is C66H44. The number of fused-ring (bicyclic) bond motifs is 3. The van der Waals surface area contributed by atoms with Gasteiger partial charge in [0, 0.05) is 0 Å². The van der Waals surface area contributed by atoms with Crippen LogP contribution in [0.5, 0.6) is 0 Å². The highest BCUT2D eigenvalue weighted by Gasteiger charge is 2.18. The van der Waals surface area contributed by atoms with Gasteiger partial charge in [0.05, 0.1) is 0 Å². The lowest BCUT2D eigenvalue weighted by atomic mass is 9.85. The minimum absolute atomic E-state index is 1.18. The van der Waals surface area contributed by atoms with Gasteiger partial charge in [0.15, 0.2) is 0 Å². The second-order valence-corrected chi connectivity index (χ2v) is 17.3. The fraction of sp³-hybridized carbons (Fsp3) is 0. The average Bonchev–Trinajstić information content (AvgIpc) is 3.40. The second-order valence-electron chi connectivity index (χ2n) is 17.3. The average molecular weight is 837 g/mol. The summed E-state index contributed by atoms with van der Waals surface area (Å²) in [4.78, 5) is 0. The lowest BCUT2D eigenvalue weighted by molar-refractivity contribution is 1.56. The maximum Gasteiger partial charge on any atom is -0.00926 e. The van der Waals surface area contributed by atoms with Crippen LogP contribution in [-0.2, 0) is 0 Å². The van der Waals surface area contributed by atoms with E-state index >= 15 is 0 Å². The van der Waals surface area contributed by atoms with Crippen molar-refractivity contribution in [1.82, 2.24) is 0 Å². The van der Waals surface area contributed by atoms with Crippen molar-refractivity contribution in [3.63, 3.8) is 0 Å². The van der Waals surface area contributed by atoms with Crippen LogP contribution in [0.3, 0.4) is 0 Å². The van der Waals surface area contributed by atoms with E-state index in [9.17, 15) is 0 Å². The SMILES string of the molecule is c1ccc(-c2cc(-c3ccc4ccccc4c3)cc(-c3cc(-c4ccccc4)c4cc(-c5cc(-c6ccccc6)cc(-c6ccc7ccccc7c6)c5)cc(-c5ccccc5)c4c3)c2)cc1. The molecule has 0 atom stereocenters. The minimum Gasteiger partial charge on any atom is -0.0622 e. The van der Waals surface area contributed by atoms with E-state index < -0.39 is 0 Å². The molecule has 0 fully saturated rings. The molecule has 0 radical (unpaired) electrons. The zero-order valence-electron chi connectivity index (χ0n) is 36.4. The third kappa shape index (κ3) is 7.55. The lowest BCUT2D eigenvalue weighted by Gasteiger charge is -2.19. The maximum atomic E-state index is 2.43. The Morgan fingerprint density at radius 1 is 0.136 bits per heavy atom. The first-order chi connectivity index (χ1) is 32.7. The maximum absolute atomic E-state index is 2.43. The summed E-state index contributed by atoms with van der Waals surface area (Å²) in [5, 5.41) is 7.39. The fourth-order valence-electron chi connectivity index (χ4n) is 9.76. The number of rotatable bonds is 8. The highest BCUT2D eigenvalue weighted by atomic mass is 14.2. The van der Waals surface area contributed by atoms with Gasteiger partial charge in [0.25, 0.3) is 0 Å². The predicted molar refractivity (Wildman–Crippen MR) is 282 cm³/mol. The molecule has 0 saturated heterocycles. The van der Waals surface area contributed by atoms with Gasteiger partial charge in [-0.1, -0.05) is 194 Å². The minimum atomic E-state index is 1.18. The standard InChI is InChI=1S/C66H44/c1-5-17-45(18-6-1)55-35-57(53-31-29-47-21-13-15-27-51(47)33-53)39-59(37-55)61-41-63(49-23-9-3-10-24-49)66-44-62(42-64(65(66)43-61)50-25-11-4-12-26-50)60-38-56(46-19-7-2-8-20-46)36-58(40-60)54-32-30-48-22-14-16-28-52(48)34-54/h1-44H. The Labute approximate surface area is 386 Å². The molecule has 0 spiro atoms. The zero-order chi connectivity index (χ0) is 43.8. The molecular weight excluding hydrogens is 793 g/mol. The van der Waals surface area contributed by atoms with Crippen LogP contribution < -0.4 is 0 Å².